The van der Waals surface area contributed by atoms with Gasteiger partial charge in [0, 0.05) is 10.0 Å². The summed E-state index contributed by atoms with van der Waals surface area (Å²) in [6.07, 6.45) is -0.179. The van der Waals surface area contributed by atoms with Crippen LogP contribution in [-0.4, -0.2) is 31.3 Å². The van der Waals surface area contributed by atoms with E-state index in [4.69, 9.17) is 34.0 Å². The Morgan fingerprint density at radius 2 is 1.78 bits per heavy atom. The number of benzene rings is 1. The van der Waals surface area contributed by atoms with E-state index in [1.54, 1.807) is 0 Å². The Labute approximate surface area is 114 Å². The molecule has 8 heteroatoms. The van der Waals surface area contributed by atoms with E-state index in [0.717, 1.165) is 12.1 Å². The molecule has 5 nitrogen and oxygen atoms in total. The highest BCUT2D eigenvalue weighted by Gasteiger charge is 2.33. The summed E-state index contributed by atoms with van der Waals surface area (Å²) in [5.74, 6) is -1.45. The van der Waals surface area contributed by atoms with Crippen LogP contribution in [0.5, 0.6) is 0 Å². The minimum atomic E-state index is -4.06. The third-order valence-corrected chi connectivity index (χ3v) is 4.76. The number of hydrogen-bond acceptors (Lipinski definition) is 4. The molecule has 0 heterocycles. The molecule has 0 amide bonds. The molecule has 0 aromatic heterocycles. The fraction of sp³-hybridized carbons (Fsp3) is 0.300. The Hall–Kier alpha value is -0.820. The number of carbonyl (C=O) groups is 1. The van der Waals surface area contributed by atoms with E-state index >= 15 is 0 Å². The first-order valence-corrected chi connectivity index (χ1v) is 7.22. The number of hydrogen-bond donors (Lipinski definition) is 2. The number of sulfone groups is 1. The summed E-state index contributed by atoms with van der Waals surface area (Å²) < 4.78 is 24.2. The van der Waals surface area contributed by atoms with Crippen molar-refractivity contribution in [1.82, 2.24) is 0 Å². The minimum absolute atomic E-state index is 0.0511. The smallest absolute Gasteiger partial charge is 0.322 e. The van der Waals surface area contributed by atoms with E-state index in [9.17, 15) is 13.2 Å². The SMILES string of the molecule is NCCC(C(=O)O)S(=O)(=O)c1cc(Cl)cc(Cl)c1. The van der Waals surface area contributed by atoms with E-state index in [2.05, 4.69) is 0 Å². The molecule has 0 bridgehead atoms. The van der Waals surface area contributed by atoms with Gasteiger partial charge in [0.2, 0.25) is 0 Å². The van der Waals surface area contributed by atoms with Crippen LogP contribution < -0.4 is 5.73 Å². The standard InChI is InChI=1S/C10H11Cl2NO4S/c11-6-3-7(12)5-8(4-6)18(16,17)9(1-2-13)10(14)15/h3-5,9H,1-2,13H2,(H,14,15). The predicted molar refractivity (Wildman–Crippen MR) is 68.7 cm³/mol. The summed E-state index contributed by atoms with van der Waals surface area (Å²) in [6, 6.07) is 3.69. The molecule has 0 aliphatic carbocycles. The van der Waals surface area contributed by atoms with E-state index < -0.39 is 21.1 Å². The van der Waals surface area contributed by atoms with Crippen molar-refractivity contribution in [3.8, 4) is 0 Å². The first-order chi connectivity index (χ1) is 8.28. The average Bonchev–Trinajstić information content (AvgIpc) is 2.23. The van der Waals surface area contributed by atoms with Crippen LogP contribution in [0.25, 0.3) is 0 Å². The zero-order chi connectivity index (χ0) is 13.9. The normalized spacial score (nSPS) is 13.3. The molecule has 100 valence electrons. The highest BCUT2D eigenvalue weighted by Crippen LogP contribution is 2.26. The molecule has 0 aliphatic rings. The lowest BCUT2D eigenvalue weighted by Crippen LogP contribution is -2.32. The molecule has 1 atom stereocenters. The third kappa shape index (κ3) is 3.35. The first kappa shape index (κ1) is 15.2. The van der Waals surface area contributed by atoms with E-state index in [0.29, 0.717) is 0 Å². The molecule has 0 saturated carbocycles. The van der Waals surface area contributed by atoms with Crippen molar-refractivity contribution in [2.24, 2.45) is 5.73 Å². The molecule has 0 aliphatic heterocycles. The lowest BCUT2D eigenvalue weighted by molar-refractivity contribution is -0.136. The van der Waals surface area contributed by atoms with Gasteiger partial charge in [0.1, 0.15) is 0 Å². The van der Waals surface area contributed by atoms with Crippen LogP contribution in [0.15, 0.2) is 23.1 Å². The van der Waals surface area contributed by atoms with E-state index in [1.165, 1.54) is 6.07 Å². The van der Waals surface area contributed by atoms with E-state index in [1.807, 2.05) is 0 Å². The van der Waals surface area contributed by atoms with Gasteiger partial charge in [0.05, 0.1) is 4.90 Å². The molecule has 1 aromatic rings. The number of rotatable bonds is 5. The lowest BCUT2D eigenvalue weighted by Gasteiger charge is -2.13. The molecule has 0 spiro atoms. The fourth-order valence-corrected chi connectivity index (χ4v) is 3.70. The number of nitrogens with two attached hydrogens (primary N) is 1. The van der Waals surface area contributed by atoms with E-state index in [-0.39, 0.29) is 27.9 Å². The van der Waals surface area contributed by atoms with Crippen LogP contribution in [0.3, 0.4) is 0 Å². The van der Waals surface area contributed by atoms with Crippen LogP contribution in [0.1, 0.15) is 6.42 Å². The average molecular weight is 312 g/mol. The molecule has 3 N–H and O–H groups in total. The predicted octanol–water partition coefficient (Wildman–Crippen LogP) is 1.57. The monoisotopic (exact) mass is 311 g/mol. The third-order valence-electron chi connectivity index (χ3n) is 2.24. The van der Waals surface area contributed by atoms with Gasteiger partial charge in [0.25, 0.3) is 0 Å². The maximum absolute atomic E-state index is 12.1. The van der Waals surface area contributed by atoms with Gasteiger partial charge in [-0.2, -0.15) is 0 Å². The largest absolute Gasteiger partial charge is 0.480 e. The summed E-state index contributed by atoms with van der Waals surface area (Å²) >= 11 is 11.4. The second-order valence-electron chi connectivity index (χ2n) is 3.55. The Bertz CT molecular complexity index is 539. The Balaban J connectivity index is 3.30. The fourth-order valence-electron chi connectivity index (χ4n) is 1.42. The van der Waals surface area contributed by atoms with Gasteiger partial charge in [-0.3, -0.25) is 4.79 Å². The molecular formula is C10H11Cl2NO4S. The Morgan fingerprint density at radius 3 is 2.17 bits per heavy atom. The molecule has 18 heavy (non-hydrogen) atoms. The zero-order valence-electron chi connectivity index (χ0n) is 9.14. The van der Waals surface area contributed by atoms with Crippen molar-refractivity contribution in [1.29, 1.82) is 0 Å². The minimum Gasteiger partial charge on any atom is -0.480 e. The molecule has 0 fully saturated rings. The molecule has 1 unspecified atom stereocenters. The maximum Gasteiger partial charge on any atom is 0.322 e. The van der Waals surface area contributed by atoms with Gasteiger partial charge in [-0.05, 0) is 31.2 Å². The summed E-state index contributed by atoms with van der Waals surface area (Å²) in [5, 5.41) is 7.59. The van der Waals surface area contributed by atoms with Crippen molar-refractivity contribution >= 4 is 39.0 Å². The topological polar surface area (TPSA) is 97.5 Å². The van der Waals surface area contributed by atoms with Crippen LogP contribution in [-0.2, 0) is 14.6 Å². The van der Waals surface area contributed by atoms with Gasteiger partial charge >= 0.3 is 5.97 Å². The summed E-state index contributed by atoms with van der Waals surface area (Å²) in [4.78, 5) is 10.8. The molecule has 0 saturated heterocycles. The first-order valence-electron chi connectivity index (χ1n) is 4.92. The second kappa shape index (κ2) is 5.88. The highest BCUT2D eigenvalue weighted by atomic mass is 35.5. The molecule has 1 aromatic carbocycles. The van der Waals surface area contributed by atoms with Crippen molar-refractivity contribution in [2.75, 3.05) is 6.54 Å². The summed E-state index contributed by atoms with van der Waals surface area (Å²) in [5.41, 5.74) is 5.22. The number of carboxylic acid groups (broad SMARTS) is 1. The Morgan fingerprint density at radius 1 is 1.28 bits per heavy atom. The highest BCUT2D eigenvalue weighted by molar-refractivity contribution is 7.92. The van der Waals surface area contributed by atoms with Crippen molar-refractivity contribution in [2.45, 2.75) is 16.6 Å². The summed E-state index contributed by atoms with van der Waals surface area (Å²) in [7, 11) is -4.06. The van der Waals surface area contributed by atoms with Crippen LogP contribution in [0.2, 0.25) is 10.0 Å². The lowest BCUT2D eigenvalue weighted by atomic mass is 10.3. The van der Waals surface area contributed by atoms with Crippen LogP contribution >= 0.6 is 23.2 Å². The van der Waals surface area contributed by atoms with Crippen LogP contribution in [0.4, 0.5) is 0 Å². The van der Waals surface area contributed by atoms with Gasteiger partial charge in [0.15, 0.2) is 15.1 Å². The molecule has 1 rings (SSSR count). The van der Waals surface area contributed by atoms with Gasteiger partial charge in [-0.25, -0.2) is 8.42 Å². The van der Waals surface area contributed by atoms with Gasteiger partial charge in [-0.15, -0.1) is 0 Å². The van der Waals surface area contributed by atoms with Gasteiger partial charge < -0.3 is 10.8 Å². The number of aliphatic carboxylic acids is 1. The van der Waals surface area contributed by atoms with Gasteiger partial charge in [-0.1, -0.05) is 23.2 Å². The quantitative estimate of drug-likeness (QED) is 0.860. The maximum atomic E-state index is 12.1. The number of halogens is 2. The summed E-state index contributed by atoms with van der Waals surface area (Å²) in [6.45, 7) is -0.0511. The number of carboxylic acids is 1. The molecule has 0 radical (unpaired) electrons. The Kier molecular flexibility index (Phi) is 4.98. The van der Waals surface area contributed by atoms with Crippen molar-refractivity contribution in [3.63, 3.8) is 0 Å². The van der Waals surface area contributed by atoms with Crippen molar-refractivity contribution in [3.05, 3.63) is 28.2 Å². The molecular weight excluding hydrogens is 301 g/mol. The second-order valence-corrected chi connectivity index (χ2v) is 6.56. The van der Waals surface area contributed by atoms with Crippen molar-refractivity contribution < 1.29 is 18.3 Å². The zero-order valence-corrected chi connectivity index (χ0v) is 11.5. The van der Waals surface area contributed by atoms with Crippen LogP contribution in [0, 0.1) is 0 Å².